The number of fused-ring (bicyclic) bond motifs is 2. The molecule has 10 heteroatoms. The maximum atomic E-state index is 14.1. The molecule has 0 unspecified atom stereocenters. The Bertz CT molecular complexity index is 1540. The number of amides is 1. The summed E-state index contributed by atoms with van der Waals surface area (Å²) in [4.78, 5) is 23.6. The number of rotatable bonds is 11. The molecule has 0 atom stereocenters. The van der Waals surface area contributed by atoms with Crippen molar-refractivity contribution in [1.82, 2.24) is 24.8 Å². The first kappa shape index (κ1) is 27.3. The predicted molar refractivity (Wildman–Crippen MR) is 156 cm³/mol. The minimum Gasteiger partial charge on any atom is -0.495 e. The summed E-state index contributed by atoms with van der Waals surface area (Å²) in [6.07, 6.45) is 12.4. The summed E-state index contributed by atoms with van der Waals surface area (Å²) >= 11 is 0. The molecule has 1 aliphatic heterocycles. The van der Waals surface area contributed by atoms with Gasteiger partial charge >= 0.3 is 0 Å². The molecular formula is C30H34FN7O2. The van der Waals surface area contributed by atoms with Gasteiger partial charge in [-0.2, -0.15) is 0 Å². The Kier molecular flexibility index (Phi) is 8.65. The summed E-state index contributed by atoms with van der Waals surface area (Å²) in [5, 5.41) is 15.6. The number of anilines is 1. The number of hydrogen-bond donors (Lipinski definition) is 3. The molecule has 3 N–H and O–H groups in total. The van der Waals surface area contributed by atoms with Crippen LogP contribution in [0.1, 0.15) is 24.8 Å². The summed E-state index contributed by atoms with van der Waals surface area (Å²) in [5.41, 5.74) is 3.95. The number of benzene rings is 1. The average Bonchev–Trinajstić information content (AvgIpc) is 3.61. The number of nitrogens with one attached hydrogen (secondary N) is 3. The first-order chi connectivity index (χ1) is 19.5. The van der Waals surface area contributed by atoms with Crippen LogP contribution in [0.3, 0.4) is 0 Å². The van der Waals surface area contributed by atoms with Crippen molar-refractivity contribution in [3.05, 3.63) is 72.5 Å². The van der Waals surface area contributed by atoms with Crippen molar-refractivity contribution in [1.29, 1.82) is 5.41 Å². The number of aryl methyl sites for hydroxylation is 1. The van der Waals surface area contributed by atoms with Crippen molar-refractivity contribution in [2.24, 2.45) is 0 Å². The summed E-state index contributed by atoms with van der Waals surface area (Å²) in [6, 6.07) is 8.33. The van der Waals surface area contributed by atoms with Crippen LogP contribution in [0.2, 0.25) is 0 Å². The highest BCUT2D eigenvalue weighted by Crippen LogP contribution is 2.25. The molecule has 1 amide bonds. The number of allylic oxidation sites excluding steroid dienone is 1. The van der Waals surface area contributed by atoms with Crippen LogP contribution < -0.4 is 15.4 Å². The highest BCUT2D eigenvalue weighted by molar-refractivity contribution is 6.04. The zero-order valence-electron chi connectivity index (χ0n) is 22.6. The van der Waals surface area contributed by atoms with Gasteiger partial charge in [0.15, 0.2) is 0 Å². The Morgan fingerprint density at radius 1 is 1.15 bits per heavy atom. The van der Waals surface area contributed by atoms with E-state index in [0.29, 0.717) is 35.4 Å². The van der Waals surface area contributed by atoms with Gasteiger partial charge in [0.25, 0.3) is 0 Å². The monoisotopic (exact) mass is 543 g/mol. The second-order valence-corrected chi connectivity index (χ2v) is 9.88. The smallest absolute Gasteiger partial charge is 0.244 e. The fourth-order valence-electron chi connectivity index (χ4n) is 5.11. The number of pyridine rings is 2. The minimum absolute atomic E-state index is 0.0967. The highest BCUT2D eigenvalue weighted by Gasteiger charge is 2.14. The van der Waals surface area contributed by atoms with Gasteiger partial charge in [0.2, 0.25) is 5.91 Å². The number of aromatic nitrogens is 3. The van der Waals surface area contributed by atoms with E-state index in [1.807, 2.05) is 18.3 Å². The van der Waals surface area contributed by atoms with E-state index < -0.39 is 0 Å². The lowest BCUT2D eigenvalue weighted by molar-refractivity contribution is -0.116. The fraction of sp³-hybridized carbons (Fsp3) is 0.333. The second-order valence-electron chi connectivity index (χ2n) is 9.88. The zero-order valence-corrected chi connectivity index (χ0v) is 22.6. The molecule has 40 heavy (non-hydrogen) atoms. The van der Waals surface area contributed by atoms with Crippen molar-refractivity contribution in [2.45, 2.75) is 25.7 Å². The summed E-state index contributed by atoms with van der Waals surface area (Å²) in [6.45, 7) is 4.21. The van der Waals surface area contributed by atoms with Gasteiger partial charge in [0, 0.05) is 43.0 Å². The topological polar surface area (TPSA) is 108 Å². The molecule has 5 rings (SSSR count). The minimum atomic E-state index is -0.353. The Balaban J connectivity index is 1.16. The van der Waals surface area contributed by atoms with E-state index in [0.717, 1.165) is 49.1 Å². The largest absolute Gasteiger partial charge is 0.495 e. The summed E-state index contributed by atoms with van der Waals surface area (Å²) in [7, 11) is 1.58. The molecule has 0 bridgehead atoms. The van der Waals surface area contributed by atoms with E-state index in [4.69, 9.17) is 10.1 Å². The Morgan fingerprint density at radius 2 is 2.00 bits per heavy atom. The van der Waals surface area contributed by atoms with Gasteiger partial charge in [-0.15, -0.1) is 0 Å². The molecule has 1 aliphatic rings. The second kappa shape index (κ2) is 12.7. The van der Waals surface area contributed by atoms with Gasteiger partial charge in [0.1, 0.15) is 22.9 Å². The van der Waals surface area contributed by atoms with E-state index in [1.54, 1.807) is 30.1 Å². The number of likely N-dealkylation sites (tertiary alicyclic amines) is 1. The molecule has 208 valence electrons. The normalized spacial score (nSPS) is 13.8. The van der Waals surface area contributed by atoms with Crippen molar-refractivity contribution >= 4 is 39.4 Å². The van der Waals surface area contributed by atoms with Gasteiger partial charge in [-0.25, -0.2) is 9.37 Å². The molecule has 9 nitrogen and oxygen atoms in total. The lowest BCUT2D eigenvalue weighted by atomic mass is 10.1. The molecule has 0 aliphatic carbocycles. The molecule has 1 saturated heterocycles. The number of carbonyl (C=O) groups excluding carboxylic acids is 1. The van der Waals surface area contributed by atoms with Crippen LogP contribution in [0.5, 0.6) is 5.75 Å². The highest BCUT2D eigenvalue weighted by atomic mass is 19.1. The van der Waals surface area contributed by atoms with E-state index in [9.17, 15) is 9.18 Å². The molecule has 3 aromatic heterocycles. The van der Waals surface area contributed by atoms with Gasteiger partial charge < -0.3 is 24.8 Å². The van der Waals surface area contributed by atoms with E-state index in [1.165, 1.54) is 37.1 Å². The van der Waals surface area contributed by atoms with Gasteiger partial charge in [-0.1, -0.05) is 0 Å². The Morgan fingerprint density at radius 3 is 2.83 bits per heavy atom. The number of carbonyl (C=O) groups is 1. The van der Waals surface area contributed by atoms with Crippen LogP contribution in [0.4, 0.5) is 10.1 Å². The van der Waals surface area contributed by atoms with E-state index in [-0.39, 0.29) is 17.6 Å². The molecular weight excluding hydrogens is 509 g/mol. The molecule has 0 saturated carbocycles. The van der Waals surface area contributed by atoms with Gasteiger partial charge in [-0.3, -0.25) is 15.2 Å². The Hall–Kier alpha value is -4.31. The third-order valence-electron chi connectivity index (χ3n) is 7.15. The predicted octanol–water partition coefficient (Wildman–Crippen LogP) is 4.37. The standard InChI is InChI=1S/C30H34FN7O2/c1-40-23-18-26-30(36-19-23)25(10-11-33-26)34-12-13-35-29(39)9-8-28(32)38-20-21(5-4-16-37-14-2-3-15-37)24-7-6-22(31)17-27(24)38/h6-11,17-20,32H,2-5,12-16H2,1H3,(H,33,34)(H,35,39)/b9-8-,32-28?. The quantitative estimate of drug-likeness (QED) is 0.112. The van der Waals surface area contributed by atoms with Crippen molar-refractivity contribution < 1.29 is 13.9 Å². The maximum absolute atomic E-state index is 14.1. The third-order valence-corrected chi connectivity index (χ3v) is 7.15. The van der Waals surface area contributed by atoms with Crippen LogP contribution in [0.15, 0.2) is 61.1 Å². The number of ether oxygens (including phenoxy) is 1. The summed E-state index contributed by atoms with van der Waals surface area (Å²) in [5.74, 6) is 0.0595. The SMILES string of the molecule is COc1cnc2c(NCCNC(=O)/C=C\C(=N)n3cc(CCCN4CCCC4)c4ccc(F)cc43)ccnc2c1. The maximum Gasteiger partial charge on any atom is 0.244 e. The van der Waals surface area contributed by atoms with Gasteiger partial charge in [-0.05, 0) is 81.2 Å². The lowest BCUT2D eigenvalue weighted by Crippen LogP contribution is -2.27. The number of methoxy groups -OCH3 is 1. The molecule has 1 fully saturated rings. The zero-order chi connectivity index (χ0) is 27.9. The number of halogens is 1. The van der Waals surface area contributed by atoms with Crippen LogP contribution in [0, 0.1) is 11.2 Å². The van der Waals surface area contributed by atoms with E-state index >= 15 is 0 Å². The number of nitrogens with zero attached hydrogens (tertiary/aromatic N) is 4. The number of hydrogen-bond acceptors (Lipinski definition) is 7. The van der Waals surface area contributed by atoms with Crippen LogP contribution >= 0.6 is 0 Å². The first-order valence-electron chi connectivity index (χ1n) is 13.6. The third kappa shape index (κ3) is 6.45. The van der Waals surface area contributed by atoms with E-state index in [2.05, 4.69) is 25.5 Å². The molecule has 4 aromatic rings. The lowest BCUT2D eigenvalue weighted by Gasteiger charge is -2.13. The molecule has 0 radical (unpaired) electrons. The van der Waals surface area contributed by atoms with Crippen LogP contribution in [-0.2, 0) is 11.2 Å². The van der Waals surface area contributed by atoms with Crippen molar-refractivity contribution in [3.63, 3.8) is 0 Å². The van der Waals surface area contributed by atoms with Crippen LogP contribution in [0.25, 0.3) is 21.9 Å². The molecule has 0 spiro atoms. The van der Waals surface area contributed by atoms with Gasteiger partial charge in [0.05, 0.1) is 30.0 Å². The Labute approximate surface area is 232 Å². The van der Waals surface area contributed by atoms with Crippen molar-refractivity contribution in [2.75, 3.05) is 45.2 Å². The first-order valence-corrected chi connectivity index (χ1v) is 13.6. The molecule has 1 aromatic carbocycles. The fourth-order valence-corrected chi connectivity index (χ4v) is 5.11. The average molecular weight is 544 g/mol. The molecule has 4 heterocycles. The van der Waals surface area contributed by atoms with Crippen molar-refractivity contribution in [3.8, 4) is 5.75 Å². The van der Waals surface area contributed by atoms with Crippen LogP contribution in [-0.4, -0.2) is 71.0 Å². The summed E-state index contributed by atoms with van der Waals surface area (Å²) < 4.78 is 20.9.